The molecule has 0 saturated heterocycles. The first-order chi connectivity index (χ1) is 8.54. The normalized spacial score (nSPS) is 11.7. The summed E-state index contributed by atoms with van der Waals surface area (Å²) < 4.78 is 0. The minimum absolute atomic E-state index is 0.521. The fourth-order valence-electron chi connectivity index (χ4n) is 1.80. The van der Waals surface area contributed by atoms with Crippen LogP contribution in [0.5, 0.6) is 0 Å². The molecule has 1 heterocycles. The van der Waals surface area contributed by atoms with Crippen LogP contribution in [0.25, 0.3) is 0 Å². The van der Waals surface area contributed by atoms with Gasteiger partial charge in [-0.05, 0) is 33.0 Å². The second-order valence-corrected chi connectivity index (χ2v) is 6.47. The van der Waals surface area contributed by atoms with Crippen molar-refractivity contribution >= 4 is 11.3 Å². The van der Waals surface area contributed by atoms with Crippen LogP contribution < -0.4 is 5.32 Å². The van der Waals surface area contributed by atoms with E-state index in [2.05, 4.69) is 45.1 Å². The SMILES string of the molecule is CCCNCc1sc(CCN(C)C)nc1C(C)C. The average Bonchev–Trinajstić information content (AvgIpc) is 2.70. The molecule has 18 heavy (non-hydrogen) atoms. The standard InChI is InChI=1S/C14H27N3S/c1-6-8-15-10-12-14(11(2)3)16-13(18-12)7-9-17(4)5/h11,15H,6-10H2,1-5H3. The molecule has 0 aromatic carbocycles. The largest absolute Gasteiger partial charge is 0.312 e. The lowest BCUT2D eigenvalue weighted by atomic mass is 10.1. The van der Waals surface area contributed by atoms with E-state index in [0.29, 0.717) is 5.92 Å². The molecule has 3 nitrogen and oxygen atoms in total. The molecule has 4 heteroatoms. The number of hydrogen-bond donors (Lipinski definition) is 1. The third kappa shape index (κ3) is 5.04. The van der Waals surface area contributed by atoms with E-state index in [4.69, 9.17) is 4.98 Å². The fourth-order valence-corrected chi connectivity index (χ4v) is 2.98. The van der Waals surface area contributed by atoms with Crippen molar-refractivity contribution in [1.29, 1.82) is 0 Å². The molecule has 104 valence electrons. The summed E-state index contributed by atoms with van der Waals surface area (Å²) in [5, 5.41) is 4.76. The number of aromatic nitrogens is 1. The zero-order valence-electron chi connectivity index (χ0n) is 12.4. The highest BCUT2D eigenvalue weighted by atomic mass is 32.1. The highest BCUT2D eigenvalue weighted by Gasteiger charge is 2.13. The predicted octanol–water partition coefficient (Wildman–Crippen LogP) is 2.87. The molecule has 0 fully saturated rings. The van der Waals surface area contributed by atoms with Gasteiger partial charge in [-0.2, -0.15) is 0 Å². The van der Waals surface area contributed by atoms with Crippen LogP contribution in [0.3, 0.4) is 0 Å². The van der Waals surface area contributed by atoms with E-state index in [1.807, 2.05) is 11.3 Å². The number of nitrogens with zero attached hydrogens (tertiary/aromatic N) is 2. The van der Waals surface area contributed by atoms with Gasteiger partial charge in [-0.25, -0.2) is 4.98 Å². The zero-order valence-corrected chi connectivity index (χ0v) is 13.2. The Bertz CT molecular complexity index is 345. The molecule has 0 unspecified atom stereocenters. The summed E-state index contributed by atoms with van der Waals surface area (Å²) in [6.07, 6.45) is 2.24. The van der Waals surface area contributed by atoms with Gasteiger partial charge in [0.25, 0.3) is 0 Å². The summed E-state index contributed by atoms with van der Waals surface area (Å²) in [6.45, 7) is 9.80. The molecule has 0 aliphatic carbocycles. The van der Waals surface area contributed by atoms with Crippen molar-refractivity contribution < 1.29 is 0 Å². The third-order valence-corrected chi connectivity index (χ3v) is 3.93. The molecule has 1 aromatic heterocycles. The molecule has 1 rings (SSSR count). The van der Waals surface area contributed by atoms with E-state index in [-0.39, 0.29) is 0 Å². The van der Waals surface area contributed by atoms with E-state index in [1.165, 1.54) is 22.0 Å². The Kier molecular flexibility index (Phi) is 6.82. The lowest BCUT2D eigenvalue weighted by molar-refractivity contribution is 0.413. The summed E-state index contributed by atoms with van der Waals surface area (Å²) >= 11 is 1.88. The Balaban J connectivity index is 2.67. The zero-order chi connectivity index (χ0) is 13.5. The van der Waals surface area contributed by atoms with E-state index in [0.717, 1.165) is 26.1 Å². The molecule has 0 bridgehead atoms. The summed E-state index contributed by atoms with van der Waals surface area (Å²) in [7, 11) is 4.22. The van der Waals surface area contributed by atoms with Crippen LogP contribution in [0.2, 0.25) is 0 Å². The molecule has 1 N–H and O–H groups in total. The lowest BCUT2D eigenvalue weighted by Gasteiger charge is -2.06. The van der Waals surface area contributed by atoms with Crippen molar-refractivity contribution in [2.45, 2.75) is 46.1 Å². The number of hydrogen-bond acceptors (Lipinski definition) is 4. The molecule has 0 amide bonds. The Morgan fingerprint density at radius 1 is 1.33 bits per heavy atom. The summed E-state index contributed by atoms with van der Waals surface area (Å²) in [6, 6.07) is 0. The molecule has 0 spiro atoms. The van der Waals surface area contributed by atoms with Crippen LogP contribution in [0, 0.1) is 0 Å². The van der Waals surface area contributed by atoms with Crippen molar-refractivity contribution in [2.24, 2.45) is 0 Å². The predicted molar refractivity (Wildman–Crippen MR) is 80.5 cm³/mol. The first-order valence-corrected chi connectivity index (χ1v) is 7.70. The lowest BCUT2D eigenvalue weighted by Crippen LogP contribution is -2.14. The molecule has 0 atom stereocenters. The van der Waals surface area contributed by atoms with E-state index >= 15 is 0 Å². The Morgan fingerprint density at radius 2 is 2.06 bits per heavy atom. The molecule has 0 aliphatic heterocycles. The number of nitrogens with one attached hydrogen (secondary N) is 1. The maximum absolute atomic E-state index is 4.81. The maximum Gasteiger partial charge on any atom is 0.0944 e. The average molecular weight is 269 g/mol. The Labute approximate surface area is 116 Å². The smallest absolute Gasteiger partial charge is 0.0944 e. The van der Waals surface area contributed by atoms with Crippen LogP contribution in [-0.2, 0) is 13.0 Å². The monoisotopic (exact) mass is 269 g/mol. The Hall–Kier alpha value is -0.450. The van der Waals surface area contributed by atoms with Crippen LogP contribution in [0.15, 0.2) is 0 Å². The van der Waals surface area contributed by atoms with E-state index in [1.54, 1.807) is 0 Å². The molecule has 0 radical (unpaired) electrons. The van der Waals surface area contributed by atoms with Gasteiger partial charge in [0.15, 0.2) is 0 Å². The number of rotatable bonds is 8. The second kappa shape index (κ2) is 7.87. The highest BCUT2D eigenvalue weighted by Crippen LogP contribution is 2.25. The maximum atomic E-state index is 4.81. The molecule has 0 saturated carbocycles. The van der Waals surface area contributed by atoms with Crippen molar-refractivity contribution in [2.75, 3.05) is 27.2 Å². The fraction of sp³-hybridized carbons (Fsp3) is 0.786. The molecule has 0 aliphatic rings. The first kappa shape index (κ1) is 15.6. The van der Waals surface area contributed by atoms with Gasteiger partial charge in [0.05, 0.1) is 10.7 Å². The summed E-state index contributed by atoms with van der Waals surface area (Å²) in [5.74, 6) is 0.521. The van der Waals surface area contributed by atoms with E-state index in [9.17, 15) is 0 Å². The van der Waals surface area contributed by atoms with Gasteiger partial charge in [0.2, 0.25) is 0 Å². The quantitative estimate of drug-likeness (QED) is 0.736. The van der Waals surface area contributed by atoms with Crippen LogP contribution in [0.1, 0.15) is 48.7 Å². The van der Waals surface area contributed by atoms with Crippen molar-refractivity contribution in [3.63, 3.8) is 0 Å². The first-order valence-electron chi connectivity index (χ1n) is 6.88. The van der Waals surface area contributed by atoms with Gasteiger partial charge in [-0.3, -0.25) is 0 Å². The minimum atomic E-state index is 0.521. The van der Waals surface area contributed by atoms with Crippen LogP contribution in [0.4, 0.5) is 0 Å². The van der Waals surface area contributed by atoms with Gasteiger partial charge < -0.3 is 10.2 Å². The summed E-state index contributed by atoms with van der Waals surface area (Å²) in [5.41, 5.74) is 1.29. The van der Waals surface area contributed by atoms with Gasteiger partial charge in [-0.15, -0.1) is 11.3 Å². The van der Waals surface area contributed by atoms with Crippen molar-refractivity contribution in [3.8, 4) is 0 Å². The van der Waals surface area contributed by atoms with Crippen LogP contribution >= 0.6 is 11.3 Å². The Morgan fingerprint density at radius 3 is 2.61 bits per heavy atom. The highest BCUT2D eigenvalue weighted by molar-refractivity contribution is 7.11. The van der Waals surface area contributed by atoms with Gasteiger partial charge >= 0.3 is 0 Å². The molecular weight excluding hydrogens is 242 g/mol. The third-order valence-electron chi connectivity index (χ3n) is 2.80. The summed E-state index contributed by atoms with van der Waals surface area (Å²) in [4.78, 5) is 8.45. The van der Waals surface area contributed by atoms with Gasteiger partial charge in [0, 0.05) is 24.4 Å². The van der Waals surface area contributed by atoms with Gasteiger partial charge in [0.1, 0.15) is 0 Å². The van der Waals surface area contributed by atoms with Gasteiger partial charge in [-0.1, -0.05) is 20.8 Å². The molecular formula is C14H27N3S. The van der Waals surface area contributed by atoms with Crippen LogP contribution in [-0.4, -0.2) is 37.1 Å². The number of thiazole rings is 1. The number of likely N-dealkylation sites (N-methyl/N-ethyl adjacent to an activating group) is 1. The second-order valence-electron chi connectivity index (χ2n) is 5.30. The topological polar surface area (TPSA) is 28.2 Å². The van der Waals surface area contributed by atoms with Crippen molar-refractivity contribution in [1.82, 2.24) is 15.2 Å². The minimum Gasteiger partial charge on any atom is -0.312 e. The molecule has 1 aromatic rings. The van der Waals surface area contributed by atoms with E-state index < -0.39 is 0 Å². The van der Waals surface area contributed by atoms with Crippen molar-refractivity contribution in [3.05, 3.63) is 15.6 Å².